The van der Waals surface area contributed by atoms with Gasteiger partial charge in [-0.2, -0.15) is 0 Å². The zero-order valence-electron chi connectivity index (χ0n) is 14.3. The molecule has 3 amide bonds. The Morgan fingerprint density at radius 2 is 1.72 bits per heavy atom. The second-order valence-corrected chi connectivity index (χ2v) is 5.24. The van der Waals surface area contributed by atoms with Crippen molar-refractivity contribution >= 4 is 23.3 Å². The topological polar surface area (TPSA) is 88.7 Å². The quantitative estimate of drug-likeness (QED) is 0.750. The molecule has 7 nitrogen and oxygen atoms in total. The molecule has 0 spiro atoms. The lowest BCUT2D eigenvalue weighted by Crippen LogP contribution is -2.42. The van der Waals surface area contributed by atoms with E-state index in [1.807, 2.05) is 6.07 Å². The zero-order valence-corrected chi connectivity index (χ0v) is 14.3. The van der Waals surface area contributed by atoms with Gasteiger partial charge in [-0.25, -0.2) is 4.79 Å². The van der Waals surface area contributed by atoms with Crippen LogP contribution in [0.4, 0.5) is 16.2 Å². The number of hydrogen-bond donors (Lipinski definition) is 3. The maximum Gasteiger partial charge on any atom is 0.325 e. The second kappa shape index (κ2) is 8.58. The molecule has 2 aromatic rings. The van der Waals surface area contributed by atoms with E-state index in [4.69, 9.17) is 9.47 Å². The van der Waals surface area contributed by atoms with Crippen LogP contribution in [0.5, 0.6) is 11.5 Å². The van der Waals surface area contributed by atoms with Crippen molar-refractivity contribution < 1.29 is 19.1 Å². The van der Waals surface area contributed by atoms with Crippen molar-refractivity contribution in [3.05, 3.63) is 48.5 Å². The first-order valence-corrected chi connectivity index (χ1v) is 7.69. The maximum atomic E-state index is 12.2. The van der Waals surface area contributed by atoms with E-state index in [0.717, 1.165) is 0 Å². The minimum Gasteiger partial charge on any atom is -0.497 e. The molecule has 25 heavy (non-hydrogen) atoms. The molecule has 132 valence electrons. The monoisotopic (exact) mass is 343 g/mol. The van der Waals surface area contributed by atoms with E-state index in [1.165, 1.54) is 7.11 Å². The number of benzene rings is 2. The number of urea groups is 1. The summed E-state index contributed by atoms with van der Waals surface area (Å²) in [5.74, 6) is 0.709. The molecule has 0 aliphatic heterocycles. The molecule has 0 heterocycles. The predicted molar refractivity (Wildman–Crippen MR) is 96.2 cm³/mol. The van der Waals surface area contributed by atoms with Crippen LogP contribution < -0.4 is 25.4 Å². The van der Waals surface area contributed by atoms with Crippen molar-refractivity contribution in [2.45, 2.75) is 13.0 Å². The van der Waals surface area contributed by atoms with E-state index in [0.29, 0.717) is 22.9 Å². The molecule has 0 fully saturated rings. The van der Waals surface area contributed by atoms with Crippen molar-refractivity contribution in [1.29, 1.82) is 0 Å². The zero-order chi connectivity index (χ0) is 18.2. The molecule has 0 bridgehead atoms. The smallest absolute Gasteiger partial charge is 0.325 e. The molecule has 0 aliphatic carbocycles. The highest BCUT2D eigenvalue weighted by atomic mass is 16.5. The summed E-state index contributed by atoms with van der Waals surface area (Å²) in [6, 6.07) is 12.8. The average molecular weight is 343 g/mol. The molecule has 1 unspecified atom stereocenters. The number of amides is 3. The van der Waals surface area contributed by atoms with Gasteiger partial charge in [0.1, 0.15) is 17.5 Å². The highest BCUT2D eigenvalue weighted by Crippen LogP contribution is 2.29. The number of rotatable bonds is 6. The largest absolute Gasteiger partial charge is 0.497 e. The van der Waals surface area contributed by atoms with Crippen LogP contribution in [0.15, 0.2) is 48.5 Å². The third-order valence-electron chi connectivity index (χ3n) is 3.44. The van der Waals surface area contributed by atoms with E-state index in [1.54, 1.807) is 56.5 Å². The van der Waals surface area contributed by atoms with Crippen molar-refractivity contribution in [1.82, 2.24) is 5.32 Å². The van der Waals surface area contributed by atoms with Crippen LogP contribution in [0.1, 0.15) is 6.92 Å². The molecule has 2 rings (SSSR count). The van der Waals surface area contributed by atoms with Gasteiger partial charge in [0.2, 0.25) is 5.91 Å². The molecule has 2 aromatic carbocycles. The SMILES string of the molecule is COc1ccc(NC(C)C(=O)NC(=O)Nc2ccccc2)c(OC)c1. The summed E-state index contributed by atoms with van der Waals surface area (Å²) in [4.78, 5) is 24.0. The van der Waals surface area contributed by atoms with E-state index in [9.17, 15) is 9.59 Å². The Balaban J connectivity index is 1.95. The van der Waals surface area contributed by atoms with E-state index in [-0.39, 0.29) is 0 Å². The number of nitrogens with one attached hydrogen (secondary N) is 3. The summed E-state index contributed by atoms with van der Waals surface area (Å²) in [6.07, 6.45) is 0. The lowest BCUT2D eigenvalue weighted by Gasteiger charge is -2.17. The first-order valence-electron chi connectivity index (χ1n) is 7.69. The van der Waals surface area contributed by atoms with Gasteiger partial charge in [0.05, 0.1) is 19.9 Å². The van der Waals surface area contributed by atoms with Gasteiger partial charge in [-0.1, -0.05) is 18.2 Å². The fourth-order valence-electron chi connectivity index (χ4n) is 2.12. The number of para-hydroxylation sites is 1. The van der Waals surface area contributed by atoms with E-state index in [2.05, 4.69) is 16.0 Å². The van der Waals surface area contributed by atoms with Gasteiger partial charge >= 0.3 is 6.03 Å². The lowest BCUT2D eigenvalue weighted by molar-refractivity contribution is -0.120. The molecule has 0 saturated carbocycles. The van der Waals surface area contributed by atoms with Crippen molar-refractivity contribution in [2.75, 3.05) is 24.9 Å². The molecular weight excluding hydrogens is 322 g/mol. The van der Waals surface area contributed by atoms with Gasteiger partial charge in [0.15, 0.2) is 0 Å². The number of anilines is 2. The van der Waals surface area contributed by atoms with Gasteiger partial charge in [0, 0.05) is 11.8 Å². The fourth-order valence-corrected chi connectivity index (χ4v) is 2.12. The molecule has 0 radical (unpaired) electrons. The number of carbonyl (C=O) groups excluding carboxylic acids is 2. The summed E-state index contributed by atoms with van der Waals surface area (Å²) in [5.41, 5.74) is 1.22. The van der Waals surface area contributed by atoms with Gasteiger partial charge in [-0.15, -0.1) is 0 Å². The van der Waals surface area contributed by atoms with Gasteiger partial charge in [-0.3, -0.25) is 10.1 Å². The van der Waals surface area contributed by atoms with Crippen LogP contribution in [0.25, 0.3) is 0 Å². The molecule has 7 heteroatoms. The predicted octanol–water partition coefficient (Wildman–Crippen LogP) is 2.85. The maximum absolute atomic E-state index is 12.2. The number of imide groups is 1. The van der Waals surface area contributed by atoms with Crippen LogP contribution in [0.2, 0.25) is 0 Å². The number of hydrogen-bond acceptors (Lipinski definition) is 5. The van der Waals surface area contributed by atoms with Crippen LogP contribution in [0, 0.1) is 0 Å². The van der Waals surface area contributed by atoms with Gasteiger partial charge < -0.3 is 20.1 Å². The first kappa shape index (κ1) is 18.1. The van der Waals surface area contributed by atoms with Crippen molar-refractivity contribution in [3.8, 4) is 11.5 Å². The van der Waals surface area contributed by atoms with Crippen molar-refractivity contribution in [3.63, 3.8) is 0 Å². The Bertz CT molecular complexity index is 734. The van der Waals surface area contributed by atoms with Crippen molar-refractivity contribution in [2.24, 2.45) is 0 Å². The lowest BCUT2D eigenvalue weighted by atomic mass is 10.2. The molecule has 0 aromatic heterocycles. The fraction of sp³-hybridized carbons (Fsp3) is 0.222. The standard InChI is InChI=1S/C18H21N3O4/c1-12(19-15-10-9-14(24-2)11-16(15)25-3)17(22)21-18(23)20-13-7-5-4-6-8-13/h4-12,19H,1-3H3,(H2,20,21,22,23). The van der Waals surface area contributed by atoms with E-state index >= 15 is 0 Å². The summed E-state index contributed by atoms with van der Waals surface area (Å²) >= 11 is 0. The third-order valence-corrected chi connectivity index (χ3v) is 3.44. The minimum absolute atomic E-state index is 0.466. The third kappa shape index (κ3) is 5.13. The summed E-state index contributed by atoms with van der Waals surface area (Å²) in [5, 5.41) is 7.89. The highest BCUT2D eigenvalue weighted by Gasteiger charge is 2.17. The average Bonchev–Trinajstić information content (AvgIpc) is 2.62. The molecule has 1 atom stereocenters. The van der Waals surface area contributed by atoms with Gasteiger partial charge in [-0.05, 0) is 31.2 Å². The molecular formula is C18H21N3O4. The van der Waals surface area contributed by atoms with Crippen LogP contribution in [0.3, 0.4) is 0 Å². The number of carbonyl (C=O) groups is 2. The molecule has 3 N–H and O–H groups in total. The normalized spacial score (nSPS) is 11.2. The minimum atomic E-state index is -0.649. The molecule has 0 saturated heterocycles. The van der Waals surface area contributed by atoms with Crippen LogP contribution in [-0.2, 0) is 4.79 Å². The summed E-state index contributed by atoms with van der Waals surface area (Å²) in [6.45, 7) is 1.65. The Morgan fingerprint density at radius 1 is 1.00 bits per heavy atom. The Morgan fingerprint density at radius 3 is 2.36 bits per heavy atom. The number of ether oxygens (including phenoxy) is 2. The number of methoxy groups -OCH3 is 2. The second-order valence-electron chi connectivity index (χ2n) is 5.24. The van der Waals surface area contributed by atoms with Gasteiger partial charge in [0.25, 0.3) is 0 Å². The van der Waals surface area contributed by atoms with Crippen LogP contribution >= 0.6 is 0 Å². The first-order chi connectivity index (χ1) is 12.0. The Hall–Kier alpha value is -3.22. The Labute approximate surface area is 146 Å². The van der Waals surface area contributed by atoms with E-state index < -0.39 is 18.0 Å². The molecule has 0 aliphatic rings. The Kier molecular flexibility index (Phi) is 6.22. The summed E-state index contributed by atoms with van der Waals surface area (Å²) < 4.78 is 10.4. The highest BCUT2D eigenvalue weighted by molar-refractivity contribution is 6.03. The summed E-state index contributed by atoms with van der Waals surface area (Å²) in [7, 11) is 3.08. The van der Waals surface area contributed by atoms with Crippen LogP contribution in [-0.4, -0.2) is 32.2 Å².